The minimum atomic E-state index is -0.0227. The summed E-state index contributed by atoms with van der Waals surface area (Å²) >= 11 is 0. The molecule has 0 aliphatic carbocycles. The van der Waals surface area contributed by atoms with Gasteiger partial charge in [0.2, 0.25) is 0 Å². The zero-order chi connectivity index (χ0) is 19.4. The third-order valence-electron chi connectivity index (χ3n) is 5.10. The Balaban J connectivity index is 1.78. The summed E-state index contributed by atoms with van der Waals surface area (Å²) in [4.78, 5) is 32.8. The third kappa shape index (κ3) is 4.40. The number of likely N-dealkylation sites (N-methyl/N-ethyl adjacent to an activating group) is 1. The number of aliphatic hydroxyl groups is 1. The highest BCUT2D eigenvalue weighted by molar-refractivity contribution is 5.96. The number of aromatic nitrogens is 1. The van der Waals surface area contributed by atoms with Crippen molar-refractivity contribution in [2.45, 2.75) is 19.4 Å². The van der Waals surface area contributed by atoms with Crippen molar-refractivity contribution in [3.63, 3.8) is 0 Å². The molecule has 142 valence electrons. The first-order valence-electron chi connectivity index (χ1n) is 9.17. The SMILES string of the molecule is CC(=O)c1ccc(-c2cccc(C(=O)N3CCN(C)[C@H](CCO)C3)c2)nc1. The number of nitrogens with zero attached hydrogens (tertiary/aromatic N) is 3. The zero-order valence-electron chi connectivity index (χ0n) is 15.8. The van der Waals surface area contributed by atoms with Crippen LogP contribution in [0.5, 0.6) is 0 Å². The first-order chi connectivity index (χ1) is 13.0. The maximum Gasteiger partial charge on any atom is 0.253 e. The molecule has 2 aromatic rings. The number of carbonyl (C=O) groups is 2. The second-order valence-electron chi connectivity index (χ2n) is 6.97. The summed E-state index contributed by atoms with van der Waals surface area (Å²) in [5.41, 5.74) is 2.76. The molecule has 0 spiro atoms. The molecule has 1 saturated heterocycles. The highest BCUT2D eigenvalue weighted by Gasteiger charge is 2.27. The fraction of sp³-hybridized carbons (Fsp3) is 0.381. The Morgan fingerprint density at radius 3 is 2.67 bits per heavy atom. The predicted octanol–water partition coefficient (Wildman–Crippen LogP) is 2.09. The van der Waals surface area contributed by atoms with Gasteiger partial charge in [0.05, 0.1) is 5.69 Å². The fourth-order valence-corrected chi connectivity index (χ4v) is 3.36. The normalized spacial score (nSPS) is 17.7. The molecule has 0 unspecified atom stereocenters. The number of piperazine rings is 1. The van der Waals surface area contributed by atoms with Crippen LogP contribution in [0.2, 0.25) is 0 Å². The second-order valence-corrected chi connectivity index (χ2v) is 6.97. The van der Waals surface area contributed by atoms with Crippen LogP contribution in [-0.4, -0.2) is 70.9 Å². The molecular formula is C21H25N3O3. The van der Waals surface area contributed by atoms with Crippen LogP contribution in [0, 0.1) is 0 Å². The van der Waals surface area contributed by atoms with Crippen LogP contribution in [0.25, 0.3) is 11.3 Å². The number of pyridine rings is 1. The monoisotopic (exact) mass is 367 g/mol. The van der Waals surface area contributed by atoms with Crippen LogP contribution in [-0.2, 0) is 0 Å². The van der Waals surface area contributed by atoms with E-state index >= 15 is 0 Å². The van der Waals surface area contributed by atoms with E-state index in [9.17, 15) is 14.7 Å². The van der Waals surface area contributed by atoms with Gasteiger partial charge in [0.1, 0.15) is 0 Å². The molecule has 27 heavy (non-hydrogen) atoms. The van der Waals surface area contributed by atoms with Gasteiger partial charge in [0.25, 0.3) is 5.91 Å². The van der Waals surface area contributed by atoms with E-state index in [1.54, 1.807) is 18.3 Å². The minimum absolute atomic E-state index is 0.00625. The van der Waals surface area contributed by atoms with Crippen molar-refractivity contribution in [2.24, 2.45) is 0 Å². The molecule has 1 aromatic heterocycles. The van der Waals surface area contributed by atoms with Gasteiger partial charge in [0.15, 0.2) is 5.78 Å². The van der Waals surface area contributed by atoms with E-state index in [0.29, 0.717) is 30.6 Å². The number of benzene rings is 1. The number of rotatable bonds is 5. The van der Waals surface area contributed by atoms with Gasteiger partial charge in [-0.05, 0) is 44.7 Å². The highest BCUT2D eigenvalue weighted by Crippen LogP contribution is 2.21. The predicted molar refractivity (Wildman–Crippen MR) is 104 cm³/mol. The van der Waals surface area contributed by atoms with Crippen molar-refractivity contribution >= 4 is 11.7 Å². The van der Waals surface area contributed by atoms with Crippen LogP contribution in [0.1, 0.15) is 34.1 Å². The topological polar surface area (TPSA) is 73.7 Å². The number of aliphatic hydroxyl groups excluding tert-OH is 1. The third-order valence-corrected chi connectivity index (χ3v) is 5.10. The number of carbonyl (C=O) groups excluding carboxylic acids is 2. The van der Waals surface area contributed by atoms with Crippen LogP contribution < -0.4 is 0 Å². The van der Waals surface area contributed by atoms with Crippen LogP contribution in [0.15, 0.2) is 42.6 Å². The molecule has 1 fully saturated rings. The molecule has 1 amide bonds. The Hall–Kier alpha value is -2.57. The van der Waals surface area contributed by atoms with E-state index in [0.717, 1.165) is 17.8 Å². The first-order valence-corrected chi connectivity index (χ1v) is 9.17. The molecule has 1 aliphatic heterocycles. The number of Topliss-reactive ketones (excluding diaryl/α,β-unsaturated/α-hetero) is 1. The summed E-state index contributed by atoms with van der Waals surface area (Å²) in [5.74, 6) is -0.0290. The molecule has 6 nitrogen and oxygen atoms in total. The lowest BCUT2D eigenvalue weighted by molar-refractivity contribution is 0.0500. The molecule has 1 aromatic carbocycles. The number of hydrogen-bond acceptors (Lipinski definition) is 5. The van der Waals surface area contributed by atoms with E-state index < -0.39 is 0 Å². The van der Waals surface area contributed by atoms with Crippen molar-refractivity contribution in [1.82, 2.24) is 14.8 Å². The van der Waals surface area contributed by atoms with Gasteiger partial charge in [0, 0.05) is 55.2 Å². The van der Waals surface area contributed by atoms with Crippen molar-refractivity contribution in [1.29, 1.82) is 0 Å². The standard InChI is InChI=1S/C21H25N3O3/c1-15(26)18-6-7-20(22-13-18)16-4-3-5-17(12-16)21(27)24-10-9-23(2)19(14-24)8-11-25/h3-7,12-13,19,25H,8-11,14H2,1-2H3/t19-/m1/s1. The quantitative estimate of drug-likeness (QED) is 0.819. The molecule has 6 heteroatoms. The van der Waals surface area contributed by atoms with Gasteiger partial charge in [-0.1, -0.05) is 12.1 Å². The Morgan fingerprint density at radius 1 is 1.19 bits per heavy atom. The maximum absolute atomic E-state index is 13.0. The van der Waals surface area contributed by atoms with E-state index in [4.69, 9.17) is 0 Å². The van der Waals surface area contributed by atoms with Gasteiger partial charge < -0.3 is 10.0 Å². The summed E-state index contributed by atoms with van der Waals surface area (Å²) in [6.07, 6.45) is 2.22. The van der Waals surface area contributed by atoms with Gasteiger partial charge in [-0.25, -0.2) is 0 Å². The van der Waals surface area contributed by atoms with Crippen LogP contribution >= 0.6 is 0 Å². The van der Waals surface area contributed by atoms with Gasteiger partial charge in [-0.15, -0.1) is 0 Å². The van der Waals surface area contributed by atoms with Crippen molar-refractivity contribution in [3.05, 3.63) is 53.7 Å². The molecule has 0 radical (unpaired) electrons. The summed E-state index contributed by atoms with van der Waals surface area (Å²) in [5, 5.41) is 9.24. The Labute approximate surface area is 159 Å². The van der Waals surface area contributed by atoms with Crippen LogP contribution in [0.4, 0.5) is 0 Å². The van der Waals surface area contributed by atoms with Gasteiger partial charge >= 0.3 is 0 Å². The molecule has 0 saturated carbocycles. The highest BCUT2D eigenvalue weighted by atomic mass is 16.3. The summed E-state index contributed by atoms with van der Waals surface area (Å²) in [7, 11) is 2.03. The molecule has 3 rings (SSSR count). The lowest BCUT2D eigenvalue weighted by Gasteiger charge is -2.39. The number of hydrogen-bond donors (Lipinski definition) is 1. The Morgan fingerprint density at radius 2 is 2.00 bits per heavy atom. The maximum atomic E-state index is 13.0. The molecule has 1 aliphatic rings. The fourth-order valence-electron chi connectivity index (χ4n) is 3.36. The number of amides is 1. The van der Waals surface area contributed by atoms with Crippen LogP contribution in [0.3, 0.4) is 0 Å². The largest absolute Gasteiger partial charge is 0.396 e. The van der Waals surface area contributed by atoms with E-state index in [1.165, 1.54) is 6.92 Å². The lowest BCUT2D eigenvalue weighted by Crippen LogP contribution is -2.53. The average molecular weight is 367 g/mol. The molecule has 1 atom stereocenters. The number of ketones is 1. The van der Waals surface area contributed by atoms with Crippen molar-refractivity contribution in [2.75, 3.05) is 33.3 Å². The zero-order valence-corrected chi connectivity index (χ0v) is 15.8. The molecular weight excluding hydrogens is 342 g/mol. The second kappa shape index (κ2) is 8.41. The van der Waals surface area contributed by atoms with Gasteiger partial charge in [-0.2, -0.15) is 0 Å². The van der Waals surface area contributed by atoms with E-state index in [2.05, 4.69) is 9.88 Å². The Kier molecular flexibility index (Phi) is 5.98. The smallest absolute Gasteiger partial charge is 0.253 e. The first kappa shape index (κ1) is 19.2. The van der Waals surface area contributed by atoms with Crippen molar-refractivity contribution in [3.8, 4) is 11.3 Å². The molecule has 0 bridgehead atoms. The molecule has 1 N–H and O–H groups in total. The Bertz CT molecular complexity index is 820. The summed E-state index contributed by atoms with van der Waals surface area (Å²) in [6, 6.07) is 11.1. The van der Waals surface area contributed by atoms with E-state index in [1.807, 2.05) is 36.2 Å². The minimum Gasteiger partial charge on any atom is -0.396 e. The average Bonchev–Trinajstić information content (AvgIpc) is 2.69. The van der Waals surface area contributed by atoms with E-state index in [-0.39, 0.29) is 24.3 Å². The van der Waals surface area contributed by atoms with Gasteiger partial charge in [-0.3, -0.25) is 19.5 Å². The lowest BCUT2D eigenvalue weighted by atomic mass is 10.0. The summed E-state index contributed by atoms with van der Waals surface area (Å²) in [6.45, 7) is 3.72. The van der Waals surface area contributed by atoms with Crippen molar-refractivity contribution < 1.29 is 14.7 Å². The summed E-state index contributed by atoms with van der Waals surface area (Å²) < 4.78 is 0. The molecule has 2 heterocycles.